The first-order chi connectivity index (χ1) is 13.6. The Morgan fingerprint density at radius 3 is 2.38 bits per heavy atom. The molecule has 0 saturated carbocycles. The molecule has 0 bridgehead atoms. The van der Waals surface area contributed by atoms with Crippen molar-refractivity contribution in [2.45, 2.75) is 50.7 Å². The van der Waals surface area contributed by atoms with Crippen LogP contribution in [0.1, 0.15) is 38.3 Å². The van der Waals surface area contributed by atoms with E-state index in [1.54, 1.807) is 0 Å². The Bertz CT molecular complexity index is 1040. The van der Waals surface area contributed by atoms with Gasteiger partial charge >= 0.3 is 0 Å². The van der Waals surface area contributed by atoms with Crippen LogP contribution in [0.4, 0.5) is 5.69 Å². The minimum atomic E-state index is -1.94. The zero-order chi connectivity index (χ0) is 21.0. The van der Waals surface area contributed by atoms with Crippen molar-refractivity contribution in [1.82, 2.24) is 0 Å². The molecule has 1 N–H and O–H groups in total. The van der Waals surface area contributed by atoms with Crippen molar-refractivity contribution in [1.29, 1.82) is 0 Å². The molecule has 1 aliphatic carbocycles. The van der Waals surface area contributed by atoms with Crippen LogP contribution in [-0.4, -0.2) is 25.4 Å². The lowest BCUT2D eigenvalue weighted by molar-refractivity contribution is -0.117. The zero-order valence-corrected chi connectivity index (χ0v) is 18.6. The summed E-state index contributed by atoms with van der Waals surface area (Å²) in [5.41, 5.74) is 2.58. The van der Waals surface area contributed by atoms with Gasteiger partial charge in [-0.15, -0.1) is 0 Å². The Hall–Kier alpha value is -2.66. The van der Waals surface area contributed by atoms with Crippen molar-refractivity contribution in [3.63, 3.8) is 0 Å². The Kier molecular flexibility index (Phi) is 4.35. The van der Waals surface area contributed by atoms with Gasteiger partial charge in [0.25, 0.3) is 0 Å². The van der Waals surface area contributed by atoms with Crippen molar-refractivity contribution in [3.8, 4) is 5.75 Å². The molecule has 1 atom stereocenters. The summed E-state index contributed by atoms with van der Waals surface area (Å²) < 4.78 is 6.37. The van der Waals surface area contributed by atoms with Crippen LogP contribution in [0, 0.1) is 0 Å². The number of carbonyl (C=O) groups excluding carboxylic acids is 1. The lowest BCUT2D eigenvalue weighted by atomic mass is 9.74. The number of nitrogens with zero attached hydrogens (tertiary/aromatic N) is 1. The SMILES string of the molecule is CC(C)(C)[Si](C)(C)Oc1ccc(C2=C(O)C(=O)C[C@@]23C=Nc2ccccc23)cc1. The normalized spacial score (nSPS) is 21.2. The van der Waals surface area contributed by atoms with Crippen molar-refractivity contribution in [2.75, 3.05) is 0 Å². The maximum Gasteiger partial charge on any atom is 0.250 e. The first-order valence-electron chi connectivity index (χ1n) is 9.96. The molecule has 1 spiro atoms. The van der Waals surface area contributed by atoms with Gasteiger partial charge in [-0.05, 0) is 47.5 Å². The Balaban J connectivity index is 1.73. The molecule has 0 aromatic heterocycles. The van der Waals surface area contributed by atoms with Crippen molar-refractivity contribution in [2.24, 2.45) is 4.99 Å². The van der Waals surface area contributed by atoms with Gasteiger partial charge in [0.2, 0.25) is 8.32 Å². The van der Waals surface area contributed by atoms with Gasteiger partial charge in [0.15, 0.2) is 11.5 Å². The smallest absolute Gasteiger partial charge is 0.250 e. The van der Waals surface area contributed by atoms with Gasteiger partial charge in [0.1, 0.15) is 5.75 Å². The number of aliphatic imine (C=N–C) groups is 1. The van der Waals surface area contributed by atoms with Crippen LogP contribution in [0.2, 0.25) is 18.1 Å². The number of hydrogen-bond acceptors (Lipinski definition) is 4. The predicted octanol–water partition coefficient (Wildman–Crippen LogP) is 5.97. The number of fused-ring (bicyclic) bond motifs is 2. The number of benzene rings is 2. The standard InChI is InChI=1S/C24H27NO3Si/c1-23(2,3)29(4,5)28-17-12-10-16(11-13-17)21-22(27)20(26)14-24(21)15-25-19-9-7-6-8-18(19)24/h6-13,15,27H,14H2,1-5H3/t24-/m0/s1. The summed E-state index contributed by atoms with van der Waals surface area (Å²) >= 11 is 0. The molecule has 1 heterocycles. The van der Waals surface area contributed by atoms with E-state index in [4.69, 9.17) is 4.43 Å². The van der Waals surface area contributed by atoms with Crippen LogP contribution < -0.4 is 4.43 Å². The van der Waals surface area contributed by atoms with Gasteiger partial charge in [0, 0.05) is 18.2 Å². The highest BCUT2D eigenvalue weighted by Crippen LogP contribution is 2.52. The van der Waals surface area contributed by atoms with Crippen LogP contribution >= 0.6 is 0 Å². The van der Waals surface area contributed by atoms with E-state index in [1.165, 1.54) is 0 Å². The van der Waals surface area contributed by atoms with E-state index in [9.17, 15) is 9.90 Å². The molecule has 2 aromatic rings. The van der Waals surface area contributed by atoms with E-state index in [-0.39, 0.29) is 23.0 Å². The van der Waals surface area contributed by atoms with Crippen LogP contribution in [0.3, 0.4) is 0 Å². The van der Waals surface area contributed by atoms with Crippen LogP contribution in [0.5, 0.6) is 5.75 Å². The highest BCUT2D eigenvalue weighted by atomic mass is 28.4. The number of aliphatic hydroxyl groups is 1. The number of ketones is 1. The molecule has 29 heavy (non-hydrogen) atoms. The molecule has 4 nitrogen and oxygen atoms in total. The second kappa shape index (κ2) is 6.42. The Morgan fingerprint density at radius 1 is 1.07 bits per heavy atom. The van der Waals surface area contributed by atoms with Gasteiger partial charge in [-0.1, -0.05) is 51.1 Å². The summed E-state index contributed by atoms with van der Waals surface area (Å²) in [7, 11) is -1.94. The third kappa shape index (κ3) is 3.04. The fourth-order valence-corrected chi connectivity index (χ4v) is 4.89. The lowest BCUT2D eigenvalue weighted by Crippen LogP contribution is -2.43. The summed E-state index contributed by atoms with van der Waals surface area (Å²) in [6.07, 6.45) is 2.02. The third-order valence-electron chi connectivity index (χ3n) is 6.52. The summed E-state index contributed by atoms with van der Waals surface area (Å²) in [5, 5.41) is 10.8. The average molecular weight is 406 g/mol. The van der Waals surface area contributed by atoms with Gasteiger partial charge in [0.05, 0.1) is 11.1 Å². The second-order valence-electron chi connectivity index (χ2n) is 9.46. The highest BCUT2D eigenvalue weighted by molar-refractivity contribution is 6.74. The van der Waals surface area contributed by atoms with E-state index in [0.717, 1.165) is 22.6 Å². The van der Waals surface area contributed by atoms with Gasteiger partial charge in [-0.2, -0.15) is 0 Å². The third-order valence-corrected chi connectivity index (χ3v) is 10.9. The first-order valence-corrected chi connectivity index (χ1v) is 12.9. The topological polar surface area (TPSA) is 58.9 Å². The molecule has 0 radical (unpaired) electrons. The summed E-state index contributed by atoms with van der Waals surface area (Å²) in [4.78, 5) is 17.0. The number of carbonyl (C=O) groups is 1. The molecule has 0 amide bonds. The second-order valence-corrected chi connectivity index (χ2v) is 14.2. The fourth-order valence-electron chi connectivity index (χ4n) is 3.86. The molecule has 0 saturated heterocycles. The minimum Gasteiger partial charge on any atom is -0.544 e. The van der Waals surface area contributed by atoms with E-state index in [2.05, 4.69) is 38.9 Å². The lowest BCUT2D eigenvalue weighted by Gasteiger charge is -2.36. The van der Waals surface area contributed by atoms with E-state index < -0.39 is 13.7 Å². The molecular weight excluding hydrogens is 378 g/mol. The summed E-state index contributed by atoms with van der Waals surface area (Å²) in [5.74, 6) is 0.412. The fraction of sp³-hybridized carbons (Fsp3) is 0.333. The first kappa shape index (κ1) is 19.6. The molecular formula is C24H27NO3Si. The highest BCUT2D eigenvalue weighted by Gasteiger charge is 2.49. The number of para-hydroxylation sites is 1. The maximum atomic E-state index is 12.5. The van der Waals surface area contributed by atoms with Crippen LogP contribution in [-0.2, 0) is 10.2 Å². The van der Waals surface area contributed by atoms with E-state index >= 15 is 0 Å². The van der Waals surface area contributed by atoms with Gasteiger partial charge in [-0.3, -0.25) is 9.79 Å². The Labute approximate surface area is 173 Å². The quantitative estimate of drug-likeness (QED) is 0.640. The minimum absolute atomic E-state index is 0.110. The van der Waals surface area contributed by atoms with Gasteiger partial charge < -0.3 is 9.53 Å². The number of hydrogen-bond donors (Lipinski definition) is 1. The molecule has 0 fully saturated rings. The average Bonchev–Trinajstić information content (AvgIpc) is 3.13. The van der Waals surface area contributed by atoms with Crippen molar-refractivity contribution >= 4 is 31.6 Å². The van der Waals surface area contributed by atoms with Crippen LogP contribution in [0.25, 0.3) is 5.57 Å². The maximum absolute atomic E-state index is 12.5. The van der Waals surface area contributed by atoms with Crippen LogP contribution in [0.15, 0.2) is 59.3 Å². The predicted molar refractivity (Wildman–Crippen MR) is 120 cm³/mol. The zero-order valence-electron chi connectivity index (χ0n) is 17.6. The largest absolute Gasteiger partial charge is 0.544 e. The van der Waals surface area contributed by atoms with E-state index in [0.29, 0.717) is 5.57 Å². The monoisotopic (exact) mass is 405 g/mol. The number of aliphatic hydroxyl groups excluding tert-OH is 1. The summed E-state index contributed by atoms with van der Waals surface area (Å²) in [6.45, 7) is 11.1. The van der Waals surface area contributed by atoms with Crippen molar-refractivity contribution < 1.29 is 14.3 Å². The van der Waals surface area contributed by atoms with E-state index in [1.807, 2.05) is 54.7 Å². The molecule has 0 unspecified atom stereocenters. The molecule has 4 rings (SSSR count). The van der Waals surface area contributed by atoms with Gasteiger partial charge in [-0.25, -0.2) is 0 Å². The molecule has 2 aromatic carbocycles. The molecule has 150 valence electrons. The summed E-state index contributed by atoms with van der Waals surface area (Å²) in [6, 6.07) is 15.5. The Morgan fingerprint density at radius 2 is 1.72 bits per heavy atom. The van der Waals surface area contributed by atoms with Crippen molar-refractivity contribution in [3.05, 3.63) is 65.4 Å². The number of rotatable bonds is 3. The molecule has 1 aliphatic heterocycles. The molecule has 5 heteroatoms. The number of Topliss-reactive ketones (excluding diaryl/α,β-unsaturated/α-hetero) is 1. The number of allylic oxidation sites excluding steroid dienone is 2. The molecule has 2 aliphatic rings.